The predicted octanol–water partition coefficient (Wildman–Crippen LogP) is -0.710. The summed E-state index contributed by atoms with van der Waals surface area (Å²) in [6, 6.07) is 0. The number of amides is 1. The summed E-state index contributed by atoms with van der Waals surface area (Å²) in [6.45, 7) is 4.26. The second-order valence-corrected chi connectivity index (χ2v) is 7.18. The Bertz CT molecular complexity index is 531. The summed E-state index contributed by atoms with van der Waals surface area (Å²) < 4.78 is 4.48. The molecule has 162 valence electrons. The van der Waals surface area contributed by atoms with Gasteiger partial charge in [-0.15, -0.1) is 0 Å². The summed E-state index contributed by atoms with van der Waals surface area (Å²) >= 11 is 1.47. The van der Waals surface area contributed by atoms with Gasteiger partial charge in [-0.05, 0) is 24.7 Å². The number of Topliss-reactive ketones (excluding diaryl/α,β-unsaturated/α-hetero) is 1. The monoisotopic (exact) mass is 423 g/mol. The second kappa shape index (κ2) is 13.5. The topological polar surface area (TPSA) is 174 Å². The summed E-state index contributed by atoms with van der Waals surface area (Å²) in [5.41, 5.74) is -2.35. The molecule has 10 nitrogen and oxygen atoms in total. The molecule has 6 N–H and O–H groups in total. The summed E-state index contributed by atoms with van der Waals surface area (Å²) in [6.07, 6.45) is -6.43. The molecule has 0 radical (unpaired) electrons. The molecule has 0 aliphatic carbocycles. The van der Waals surface area contributed by atoms with Crippen LogP contribution in [0, 0.1) is 0 Å². The number of hydrogen-bond donors (Lipinski definition) is 6. The van der Waals surface area contributed by atoms with Crippen molar-refractivity contribution in [2.45, 2.75) is 50.1 Å². The Morgan fingerprint density at radius 2 is 1.93 bits per heavy atom. The molecule has 0 rings (SSSR count). The van der Waals surface area contributed by atoms with Gasteiger partial charge >= 0.3 is 6.16 Å². The third-order valence-electron chi connectivity index (χ3n) is 4.04. The molecule has 0 aliphatic rings. The molecule has 0 aromatic carbocycles. The molecule has 0 bridgehead atoms. The molecule has 0 heterocycles. The highest BCUT2D eigenvalue weighted by Gasteiger charge is 2.49. The summed E-state index contributed by atoms with van der Waals surface area (Å²) in [7, 11) is 0. The fourth-order valence-corrected chi connectivity index (χ4v) is 3.20. The summed E-state index contributed by atoms with van der Waals surface area (Å²) in [5.74, 6) is 0.127. The SMILES string of the molecule is C=CC(=O)NCCSCCCC(=O)[C@@](O)(CC)[C@@H](OC(=O)O)[C@@H](O)[C@H](O)CO. The van der Waals surface area contributed by atoms with Crippen molar-refractivity contribution in [1.82, 2.24) is 5.32 Å². The maximum atomic E-state index is 12.5. The van der Waals surface area contributed by atoms with Crippen LogP contribution in [0.15, 0.2) is 12.7 Å². The van der Waals surface area contributed by atoms with Gasteiger partial charge in [0, 0.05) is 18.7 Å². The van der Waals surface area contributed by atoms with Gasteiger partial charge in [-0.2, -0.15) is 11.8 Å². The number of hydrogen-bond acceptors (Lipinski definition) is 9. The Hall–Kier alpha value is -1.66. The van der Waals surface area contributed by atoms with E-state index in [2.05, 4.69) is 16.6 Å². The van der Waals surface area contributed by atoms with Crippen LogP contribution in [0.2, 0.25) is 0 Å². The van der Waals surface area contributed by atoms with Crippen LogP contribution in [-0.4, -0.2) is 91.9 Å². The van der Waals surface area contributed by atoms with E-state index in [1.165, 1.54) is 18.7 Å². The van der Waals surface area contributed by atoms with Crippen molar-refractivity contribution < 1.29 is 44.7 Å². The maximum Gasteiger partial charge on any atom is 0.506 e. The number of aliphatic hydroxyl groups excluding tert-OH is 3. The molecule has 0 aliphatic heterocycles. The molecule has 1 amide bonds. The van der Waals surface area contributed by atoms with Crippen molar-refractivity contribution in [3.8, 4) is 0 Å². The number of carboxylic acid groups (broad SMARTS) is 1. The zero-order valence-electron chi connectivity index (χ0n) is 15.7. The zero-order chi connectivity index (χ0) is 21.7. The first-order valence-electron chi connectivity index (χ1n) is 8.74. The Morgan fingerprint density at radius 1 is 1.29 bits per heavy atom. The molecule has 0 unspecified atom stereocenters. The van der Waals surface area contributed by atoms with Gasteiger partial charge in [0.05, 0.1) is 6.61 Å². The van der Waals surface area contributed by atoms with Crippen LogP contribution in [-0.2, 0) is 14.3 Å². The van der Waals surface area contributed by atoms with Crippen molar-refractivity contribution in [2.75, 3.05) is 24.7 Å². The minimum atomic E-state index is -2.35. The lowest BCUT2D eigenvalue weighted by Crippen LogP contribution is -2.59. The first-order chi connectivity index (χ1) is 13.1. The van der Waals surface area contributed by atoms with Gasteiger partial charge in [0.1, 0.15) is 12.2 Å². The smallest absolute Gasteiger partial charge is 0.450 e. The second-order valence-electron chi connectivity index (χ2n) is 5.96. The van der Waals surface area contributed by atoms with E-state index in [4.69, 9.17) is 10.2 Å². The highest BCUT2D eigenvalue weighted by atomic mass is 32.2. The van der Waals surface area contributed by atoms with Crippen molar-refractivity contribution >= 4 is 29.6 Å². The fourth-order valence-electron chi connectivity index (χ4n) is 2.40. The summed E-state index contributed by atoms with van der Waals surface area (Å²) in [4.78, 5) is 34.4. The van der Waals surface area contributed by atoms with E-state index in [0.29, 0.717) is 24.5 Å². The van der Waals surface area contributed by atoms with Crippen LogP contribution in [0.3, 0.4) is 0 Å². The van der Waals surface area contributed by atoms with E-state index in [0.717, 1.165) is 6.08 Å². The van der Waals surface area contributed by atoms with Gasteiger partial charge in [-0.3, -0.25) is 9.59 Å². The van der Waals surface area contributed by atoms with Crippen molar-refractivity contribution in [3.05, 3.63) is 12.7 Å². The van der Waals surface area contributed by atoms with Crippen molar-refractivity contribution in [2.24, 2.45) is 0 Å². The number of ketones is 1. The lowest BCUT2D eigenvalue weighted by atomic mass is 9.82. The van der Waals surface area contributed by atoms with Gasteiger partial charge in [0.25, 0.3) is 0 Å². The van der Waals surface area contributed by atoms with Crippen LogP contribution in [0.25, 0.3) is 0 Å². The molecule has 0 aromatic heterocycles. The minimum absolute atomic E-state index is 0.113. The predicted molar refractivity (Wildman–Crippen MR) is 102 cm³/mol. The first kappa shape index (κ1) is 26.3. The molecular weight excluding hydrogens is 394 g/mol. The molecule has 11 heteroatoms. The van der Waals surface area contributed by atoms with E-state index in [1.807, 2.05) is 0 Å². The van der Waals surface area contributed by atoms with Gasteiger partial charge in [0.15, 0.2) is 17.5 Å². The Labute approximate surface area is 167 Å². The molecular formula is C17H29NO9S. The van der Waals surface area contributed by atoms with Gasteiger partial charge in [-0.1, -0.05) is 13.5 Å². The molecule has 0 saturated carbocycles. The number of ether oxygens (including phenoxy) is 1. The van der Waals surface area contributed by atoms with Crippen LogP contribution in [0.1, 0.15) is 26.2 Å². The Kier molecular flexibility index (Phi) is 12.7. The Balaban J connectivity index is 4.77. The molecule has 0 spiro atoms. The van der Waals surface area contributed by atoms with Gasteiger partial charge in [-0.25, -0.2) is 4.79 Å². The van der Waals surface area contributed by atoms with Gasteiger partial charge in [0.2, 0.25) is 5.91 Å². The van der Waals surface area contributed by atoms with Crippen molar-refractivity contribution in [1.29, 1.82) is 0 Å². The normalized spacial score (nSPS) is 16.3. The fraction of sp³-hybridized carbons (Fsp3) is 0.706. The van der Waals surface area contributed by atoms with Crippen LogP contribution < -0.4 is 5.32 Å². The van der Waals surface area contributed by atoms with Crippen LogP contribution in [0.5, 0.6) is 0 Å². The number of aliphatic hydroxyl groups is 4. The number of carbonyl (C=O) groups is 3. The maximum absolute atomic E-state index is 12.5. The zero-order valence-corrected chi connectivity index (χ0v) is 16.6. The quantitative estimate of drug-likeness (QED) is 0.112. The highest BCUT2D eigenvalue weighted by Crippen LogP contribution is 2.26. The number of rotatable bonds is 15. The Morgan fingerprint density at radius 3 is 2.43 bits per heavy atom. The lowest BCUT2D eigenvalue weighted by molar-refractivity contribution is -0.178. The molecule has 4 atom stereocenters. The number of thioether (sulfide) groups is 1. The third-order valence-corrected chi connectivity index (χ3v) is 5.11. The third kappa shape index (κ3) is 8.57. The van der Waals surface area contributed by atoms with Crippen molar-refractivity contribution in [3.63, 3.8) is 0 Å². The van der Waals surface area contributed by atoms with E-state index >= 15 is 0 Å². The van der Waals surface area contributed by atoms with E-state index < -0.39 is 42.5 Å². The molecule has 0 saturated heterocycles. The first-order valence-corrected chi connectivity index (χ1v) is 9.89. The van der Waals surface area contributed by atoms with E-state index in [-0.39, 0.29) is 18.7 Å². The van der Waals surface area contributed by atoms with Crippen LogP contribution in [0.4, 0.5) is 4.79 Å². The van der Waals surface area contributed by atoms with Crippen LogP contribution >= 0.6 is 11.8 Å². The molecule has 28 heavy (non-hydrogen) atoms. The van der Waals surface area contributed by atoms with E-state index in [1.54, 1.807) is 0 Å². The number of carbonyl (C=O) groups excluding carboxylic acids is 2. The minimum Gasteiger partial charge on any atom is -0.450 e. The number of nitrogens with one attached hydrogen (secondary N) is 1. The van der Waals surface area contributed by atoms with Gasteiger partial charge < -0.3 is 35.6 Å². The van der Waals surface area contributed by atoms with E-state index in [9.17, 15) is 29.7 Å². The lowest BCUT2D eigenvalue weighted by Gasteiger charge is -2.36. The average molecular weight is 423 g/mol. The largest absolute Gasteiger partial charge is 0.506 e. The molecule has 0 fully saturated rings. The standard InChI is InChI=1S/C17H29NO9S/c1-3-13(22)18-7-9-28-8-5-6-12(21)17(26,4-2)15(27-16(24)25)14(23)11(20)10-19/h3,11,14-15,19-20,23,26H,1,4-10H2,2H3,(H,18,22)(H,24,25)/t11-,14+,15+,17+/m1/s1. The molecule has 0 aromatic rings. The highest BCUT2D eigenvalue weighted by molar-refractivity contribution is 7.99. The summed E-state index contributed by atoms with van der Waals surface area (Å²) in [5, 5.41) is 50.7. The average Bonchev–Trinajstić information content (AvgIpc) is 2.68.